The van der Waals surface area contributed by atoms with Crippen molar-refractivity contribution in [2.75, 3.05) is 13.7 Å². The van der Waals surface area contributed by atoms with Crippen molar-refractivity contribution in [3.63, 3.8) is 0 Å². The second-order valence-corrected chi connectivity index (χ2v) is 6.06. The average Bonchev–Trinajstić information content (AvgIpc) is 3.05. The van der Waals surface area contributed by atoms with Gasteiger partial charge in [0.2, 0.25) is 0 Å². The maximum absolute atomic E-state index is 6.50. The molecule has 21 heavy (non-hydrogen) atoms. The third-order valence-corrected chi connectivity index (χ3v) is 4.83. The zero-order chi connectivity index (χ0) is 15.2. The number of nitrogens with two attached hydrogens (primary N) is 1. The fourth-order valence-electron chi connectivity index (χ4n) is 3.65. The first-order valence-electron chi connectivity index (χ1n) is 8.36. The summed E-state index contributed by atoms with van der Waals surface area (Å²) in [6.07, 6.45) is 6.32. The molecule has 1 aliphatic carbocycles. The van der Waals surface area contributed by atoms with Crippen molar-refractivity contribution < 1.29 is 4.74 Å². The van der Waals surface area contributed by atoms with Crippen LogP contribution < -0.4 is 10.5 Å². The lowest BCUT2D eigenvalue weighted by Gasteiger charge is -2.39. The average molecular weight is 290 g/mol. The van der Waals surface area contributed by atoms with Crippen molar-refractivity contribution in [1.29, 1.82) is 0 Å². The van der Waals surface area contributed by atoms with Gasteiger partial charge in [0, 0.05) is 12.1 Å². The van der Waals surface area contributed by atoms with Gasteiger partial charge in [0.1, 0.15) is 5.75 Å². The minimum atomic E-state index is 0.164. The lowest BCUT2D eigenvalue weighted by Crippen LogP contribution is -2.45. The molecule has 118 valence electrons. The van der Waals surface area contributed by atoms with Crippen LogP contribution in [0.2, 0.25) is 0 Å². The summed E-state index contributed by atoms with van der Waals surface area (Å²) < 4.78 is 5.40. The van der Waals surface area contributed by atoms with Crippen molar-refractivity contribution in [2.45, 2.75) is 64.1 Å². The van der Waals surface area contributed by atoms with E-state index in [2.05, 4.69) is 36.9 Å². The summed E-state index contributed by atoms with van der Waals surface area (Å²) in [7, 11) is 1.72. The first-order valence-corrected chi connectivity index (χ1v) is 8.36. The predicted octanol–water partition coefficient (Wildman–Crippen LogP) is 3.74. The Bertz CT molecular complexity index is 429. The number of likely N-dealkylation sites (N-methyl/N-ethyl adjacent to an activating group) is 1. The van der Waals surface area contributed by atoms with Crippen LogP contribution in [0.15, 0.2) is 24.3 Å². The van der Waals surface area contributed by atoms with E-state index in [1.165, 1.54) is 31.2 Å². The molecule has 0 spiro atoms. The number of nitrogens with zero attached hydrogens (tertiary/aromatic N) is 1. The van der Waals surface area contributed by atoms with E-state index in [1.54, 1.807) is 7.11 Å². The number of hydrogen-bond acceptors (Lipinski definition) is 3. The van der Waals surface area contributed by atoms with Gasteiger partial charge < -0.3 is 10.5 Å². The molecule has 2 N–H and O–H groups in total. The molecule has 3 nitrogen and oxygen atoms in total. The lowest BCUT2D eigenvalue weighted by atomic mass is 9.94. The molecular formula is C18H30N2O. The summed E-state index contributed by atoms with van der Waals surface area (Å²) in [5.74, 6) is 0.920. The van der Waals surface area contributed by atoms with Crippen LogP contribution in [-0.4, -0.2) is 30.6 Å². The summed E-state index contributed by atoms with van der Waals surface area (Å²) in [4.78, 5) is 2.62. The Balaban J connectivity index is 2.31. The standard InChI is InChI=1S/C18H30N2O/c1-4-17(19)18(14-9-8-12-16(13-14)21-3)20(5-2)15-10-6-7-11-15/h8-9,12-13,15,17-18H,4-7,10-11,19H2,1-3H3. The summed E-state index contributed by atoms with van der Waals surface area (Å²) in [5, 5.41) is 0. The van der Waals surface area contributed by atoms with Gasteiger partial charge in [0.25, 0.3) is 0 Å². The maximum Gasteiger partial charge on any atom is 0.119 e. The van der Waals surface area contributed by atoms with E-state index >= 15 is 0 Å². The number of rotatable bonds is 7. The Morgan fingerprint density at radius 2 is 2.00 bits per heavy atom. The maximum atomic E-state index is 6.50. The molecule has 0 aliphatic heterocycles. The first-order chi connectivity index (χ1) is 10.2. The number of ether oxygens (including phenoxy) is 1. The topological polar surface area (TPSA) is 38.5 Å². The number of hydrogen-bond donors (Lipinski definition) is 1. The summed E-state index contributed by atoms with van der Waals surface area (Å²) in [5.41, 5.74) is 7.79. The predicted molar refractivity (Wildman–Crippen MR) is 88.6 cm³/mol. The SMILES string of the molecule is CCC(N)C(c1cccc(OC)c1)N(CC)C1CCCC1. The van der Waals surface area contributed by atoms with E-state index in [0.29, 0.717) is 12.1 Å². The van der Waals surface area contributed by atoms with Gasteiger partial charge in [-0.05, 0) is 43.5 Å². The van der Waals surface area contributed by atoms with Crippen LogP contribution in [0.4, 0.5) is 0 Å². The Hall–Kier alpha value is -1.06. The molecule has 1 aromatic carbocycles. The molecule has 0 bridgehead atoms. The molecule has 3 heteroatoms. The van der Waals surface area contributed by atoms with Crippen molar-refractivity contribution >= 4 is 0 Å². The van der Waals surface area contributed by atoms with Crippen LogP contribution in [0.1, 0.15) is 57.6 Å². The van der Waals surface area contributed by atoms with Crippen molar-refractivity contribution in [2.24, 2.45) is 5.73 Å². The molecular weight excluding hydrogens is 260 g/mol. The Labute approximate surface area is 129 Å². The highest BCUT2D eigenvalue weighted by Gasteiger charge is 2.31. The highest BCUT2D eigenvalue weighted by Crippen LogP contribution is 2.34. The zero-order valence-corrected chi connectivity index (χ0v) is 13.7. The van der Waals surface area contributed by atoms with Gasteiger partial charge in [-0.25, -0.2) is 0 Å². The quantitative estimate of drug-likeness (QED) is 0.831. The van der Waals surface area contributed by atoms with Crippen molar-refractivity contribution in [1.82, 2.24) is 4.90 Å². The highest BCUT2D eigenvalue weighted by atomic mass is 16.5. The van der Waals surface area contributed by atoms with Gasteiger partial charge >= 0.3 is 0 Å². The molecule has 1 saturated carbocycles. The van der Waals surface area contributed by atoms with E-state index in [-0.39, 0.29) is 6.04 Å². The summed E-state index contributed by atoms with van der Waals surface area (Å²) in [6.45, 7) is 5.49. The summed E-state index contributed by atoms with van der Waals surface area (Å²) in [6, 6.07) is 9.56. The Kier molecular flexibility index (Phi) is 6.07. The summed E-state index contributed by atoms with van der Waals surface area (Å²) >= 11 is 0. The third-order valence-electron chi connectivity index (χ3n) is 4.83. The van der Waals surface area contributed by atoms with Gasteiger partial charge in [0.15, 0.2) is 0 Å². The van der Waals surface area contributed by atoms with Crippen LogP contribution in [0.25, 0.3) is 0 Å². The van der Waals surface area contributed by atoms with Crippen LogP contribution in [0, 0.1) is 0 Å². The minimum Gasteiger partial charge on any atom is -0.497 e. The Morgan fingerprint density at radius 1 is 1.29 bits per heavy atom. The fraction of sp³-hybridized carbons (Fsp3) is 0.667. The molecule has 0 amide bonds. The molecule has 2 unspecified atom stereocenters. The van der Waals surface area contributed by atoms with Crippen molar-refractivity contribution in [3.8, 4) is 5.75 Å². The van der Waals surface area contributed by atoms with Gasteiger partial charge in [-0.1, -0.05) is 38.8 Å². The Morgan fingerprint density at radius 3 is 2.57 bits per heavy atom. The molecule has 0 radical (unpaired) electrons. The largest absolute Gasteiger partial charge is 0.497 e. The van der Waals surface area contributed by atoms with Crippen LogP contribution in [0.5, 0.6) is 5.75 Å². The van der Waals surface area contributed by atoms with Gasteiger partial charge in [0.05, 0.1) is 13.2 Å². The molecule has 1 fully saturated rings. The molecule has 0 aromatic heterocycles. The van der Waals surface area contributed by atoms with E-state index < -0.39 is 0 Å². The van der Waals surface area contributed by atoms with Gasteiger partial charge in [-0.15, -0.1) is 0 Å². The minimum absolute atomic E-state index is 0.164. The fourth-order valence-corrected chi connectivity index (χ4v) is 3.65. The molecule has 0 saturated heterocycles. The highest BCUT2D eigenvalue weighted by molar-refractivity contribution is 5.31. The van der Waals surface area contributed by atoms with E-state index in [9.17, 15) is 0 Å². The second kappa shape index (κ2) is 7.81. The first kappa shape index (κ1) is 16.3. The normalized spacial score (nSPS) is 18.9. The number of benzene rings is 1. The van der Waals surface area contributed by atoms with Crippen LogP contribution >= 0.6 is 0 Å². The third kappa shape index (κ3) is 3.78. The molecule has 0 heterocycles. The molecule has 2 rings (SSSR count). The van der Waals surface area contributed by atoms with Crippen LogP contribution in [0.3, 0.4) is 0 Å². The monoisotopic (exact) mass is 290 g/mol. The molecule has 2 atom stereocenters. The van der Waals surface area contributed by atoms with E-state index in [4.69, 9.17) is 10.5 Å². The lowest BCUT2D eigenvalue weighted by molar-refractivity contribution is 0.121. The van der Waals surface area contributed by atoms with Crippen LogP contribution in [-0.2, 0) is 0 Å². The van der Waals surface area contributed by atoms with Crippen molar-refractivity contribution in [3.05, 3.63) is 29.8 Å². The zero-order valence-electron chi connectivity index (χ0n) is 13.7. The molecule has 1 aliphatic rings. The van der Waals surface area contributed by atoms with E-state index in [1.807, 2.05) is 6.07 Å². The van der Waals surface area contributed by atoms with Gasteiger partial charge in [-0.2, -0.15) is 0 Å². The smallest absolute Gasteiger partial charge is 0.119 e. The van der Waals surface area contributed by atoms with Gasteiger partial charge in [-0.3, -0.25) is 4.90 Å². The second-order valence-electron chi connectivity index (χ2n) is 6.06. The van der Waals surface area contributed by atoms with E-state index in [0.717, 1.165) is 18.7 Å². The molecule has 1 aromatic rings. The number of methoxy groups -OCH3 is 1.